The summed E-state index contributed by atoms with van der Waals surface area (Å²) in [6.45, 7) is 7.99. The molecule has 1 aromatic carbocycles. The van der Waals surface area contributed by atoms with E-state index in [0.717, 1.165) is 47.7 Å². The molecule has 1 fully saturated rings. The summed E-state index contributed by atoms with van der Waals surface area (Å²) in [4.78, 5) is 26.2. The molecule has 2 heterocycles. The van der Waals surface area contributed by atoms with Crippen molar-refractivity contribution >= 4 is 23.4 Å². The molecule has 0 radical (unpaired) electrons. The molecule has 0 spiro atoms. The number of benzene rings is 1. The highest BCUT2D eigenvalue weighted by molar-refractivity contribution is 7.99. The number of thioether (sulfide) groups is 1. The van der Waals surface area contributed by atoms with Gasteiger partial charge >= 0.3 is 0 Å². The standard InChI is InChI=1S/C23H32N4O2S/c1-16-17(2)24-23(25-18(16)3)30-15-22(28)27(14-21-7-6-12-29-21)13-19-8-10-20(11-9-19)26(4)5/h8-11,21H,6-7,12-15H2,1-5H3/t21-/m1/s1. The molecule has 6 nitrogen and oxygen atoms in total. The normalized spacial score (nSPS) is 16.0. The number of nitrogens with zero attached hydrogens (tertiary/aromatic N) is 4. The third-order valence-corrected chi connectivity index (χ3v) is 6.40. The summed E-state index contributed by atoms with van der Waals surface area (Å²) in [6, 6.07) is 8.36. The Labute approximate surface area is 184 Å². The monoisotopic (exact) mass is 428 g/mol. The second-order valence-electron chi connectivity index (χ2n) is 8.06. The Balaban J connectivity index is 1.68. The van der Waals surface area contributed by atoms with Crippen LogP contribution in [0.1, 0.15) is 35.4 Å². The molecule has 1 saturated heterocycles. The maximum absolute atomic E-state index is 13.1. The first-order valence-corrected chi connectivity index (χ1v) is 11.4. The highest BCUT2D eigenvalue weighted by Crippen LogP contribution is 2.21. The van der Waals surface area contributed by atoms with Crippen LogP contribution in [0.5, 0.6) is 0 Å². The van der Waals surface area contributed by atoms with Crippen molar-refractivity contribution in [1.29, 1.82) is 0 Å². The second kappa shape index (κ2) is 10.3. The molecule has 162 valence electrons. The third-order valence-electron chi connectivity index (χ3n) is 5.56. The minimum atomic E-state index is 0.0895. The van der Waals surface area contributed by atoms with Gasteiger partial charge < -0.3 is 14.5 Å². The zero-order valence-corrected chi connectivity index (χ0v) is 19.5. The average Bonchev–Trinajstić information content (AvgIpc) is 3.23. The molecule has 30 heavy (non-hydrogen) atoms. The molecule has 3 rings (SSSR count). The molecule has 7 heteroatoms. The summed E-state index contributed by atoms with van der Waals surface area (Å²) in [7, 11) is 4.05. The molecule has 1 aliphatic heterocycles. The fourth-order valence-corrected chi connectivity index (χ4v) is 4.27. The molecule has 1 aromatic heterocycles. The number of hydrogen-bond acceptors (Lipinski definition) is 6. The summed E-state index contributed by atoms with van der Waals surface area (Å²) in [5.74, 6) is 0.413. The predicted molar refractivity (Wildman–Crippen MR) is 122 cm³/mol. The summed E-state index contributed by atoms with van der Waals surface area (Å²) >= 11 is 1.41. The van der Waals surface area contributed by atoms with Crippen LogP contribution >= 0.6 is 11.8 Å². The van der Waals surface area contributed by atoms with Gasteiger partial charge in [0.25, 0.3) is 0 Å². The van der Waals surface area contributed by atoms with E-state index >= 15 is 0 Å². The van der Waals surface area contributed by atoms with E-state index in [1.165, 1.54) is 11.8 Å². The lowest BCUT2D eigenvalue weighted by Crippen LogP contribution is -2.38. The number of anilines is 1. The van der Waals surface area contributed by atoms with Crippen molar-refractivity contribution < 1.29 is 9.53 Å². The van der Waals surface area contributed by atoms with E-state index in [0.29, 0.717) is 24.0 Å². The van der Waals surface area contributed by atoms with Crippen molar-refractivity contribution in [3.05, 3.63) is 46.8 Å². The van der Waals surface area contributed by atoms with E-state index in [2.05, 4.69) is 39.1 Å². The highest BCUT2D eigenvalue weighted by atomic mass is 32.2. The topological polar surface area (TPSA) is 58.6 Å². The van der Waals surface area contributed by atoms with Crippen LogP contribution < -0.4 is 4.90 Å². The molecule has 1 amide bonds. The quantitative estimate of drug-likeness (QED) is 0.471. The van der Waals surface area contributed by atoms with E-state index in [9.17, 15) is 4.79 Å². The van der Waals surface area contributed by atoms with Crippen LogP contribution in [-0.2, 0) is 16.1 Å². The van der Waals surface area contributed by atoms with E-state index in [1.807, 2.05) is 39.8 Å². The van der Waals surface area contributed by atoms with Gasteiger partial charge in [-0.1, -0.05) is 23.9 Å². The van der Waals surface area contributed by atoms with Crippen molar-refractivity contribution in [2.75, 3.05) is 37.9 Å². The number of hydrogen-bond donors (Lipinski definition) is 0. The number of rotatable bonds is 8. The van der Waals surface area contributed by atoms with Gasteiger partial charge in [0.05, 0.1) is 11.9 Å². The fraction of sp³-hybridized carbons (Fsp3) is 0.522. The van der Waals surface area contributed by atoms with Gasteiger partial charge in [0.2, 0.25) is 5.91 Å². The average molecular weight is 429 g/mol. The Hall–Kier alpha value is -2.12. The third kappa shape index (κ3) is 5.95. The van der Waals surface area contributed by atoms with Crippen molar-refractivity contribution in [2.24, 2.45) is 0 Å². The highest BCUT2D eigenvalue weighted by Gasteiger charge is 2.23. The number of aromatic nitrogens is 2. The fourth-order valence-electron chi connectivity index (χ4n) is 3.43. The van der Waals surface area contributed by atoms with Gasteiger partial charge in [-0.2, -0.15) is 0 Å². The number of ether oxygens (including phenoxy) is 1. The summed E-state index contributed by atoms with van der Waals surface area (Å²) in [6.07, 6.45) is 2.20. The molecule has 0 bridgehead atoms. The Bertz CT molecular complexity index is 841. The van der Waals surface area contributed by atoms with Crippen LogP contribution in [-0.4, -0.2) is 59.9 Å². The molecule has 1 aliphatic rings. The van der Waals surface area contributed by atoms with Crippen molar-refractivity contribution in [3.63, 3.8) is 0 Å². The molecule has 1 atom stereocenters. The summed E-state index contributed by atoms with van der Waals surface area (Å²) in [5, 5.41) is 0.663. The van der Waals surface area contributed by atoms with Gasteiger partial charge in [-0.25, -0.2) is 9.97 Å². The zero-order chi connectivity index (χ0) is 21.7. The van der Waals surface area contributed by atoms with Crippen molar-refractivity contribution in [1.82, 2.24) is 14.9 Å². The van der Waals surface area contributed by atoms with E-state index in [1.54, 1.807) is 0 Å². The number of aryl methyl sites for hydroxylation is 2. The van der Waals surface area contributed by atoms with Crippen molar-refractivity contribution in [3.8, 4) is 0 Å². The van der Waals surface area contributed by atoms with Crippen LogP contribution in [0, 0.1) is 20.8 Å². The number of carbonyl (C=O) groups excluding carboxylic acids is 1. The molecule has 2 aromatic rings. The lowest BCUT2D eigenvalue weighted by atomic mass is 10.1. The van der Waals surface area contributed by atoms with Crippen LogP contribution in [0.25, 0.3) is 0 Å². The van der Waals surface area contributed by atoms with Gasteiger partial charge in [-0.3, -0.25) is 4.79 Å². The predicted octanol–water partition coefficient (Wildman–Crippen LogP) is 3.77. The lowest BCUT2D eigenvalue weighted by Gasteiger charge is -2.26. The zero-order valence-electron chi connectivity index (χ0n) is 18.6. The van der Waals surface area contributed by atoms with Gasteiger partial charge in [-0.15, -0.1) is 0 Å². The van der Waals surface area contributed by atoms with Gasteiger partial charge in [-0.05, 0) is 56.9 Å². The van der Waals surface area contributed by atoms with Crippen LogP contribution in [0.2, 0.25) is 0 Å². The second-order valence-corrected chi connectivity index (χ2v) is 9.00. The molecule has 0 unspecified atom stereocenters. The minimum absolute atomic E-state index is 0.0895. The first-order chi connectivity index (χ1) is 14.3. The Morgan fingerprint density at radius 1 is 1.13 bits per heavy atom. The minimum Gasteiger partial charge on any atom is -0.378 e. The maximum Gasteiger partial charge on any atom is 0.233 e. The molecular formula is C23H32N4O2S. The van der Waals surface area contributed by atoms with E-state index in [4.69, 9.17) is 4.74 Å². The smallest absolute Gasteiger partial charge is 0.233 e. The number of carbonyl (C=O) groups is 1. The Morgan fingerprint density at radius 2 is 1.80 bits per heavy atom. The van der Waals surface area contributed by atoms with E-state index in [-0.39, 0.29) is 12.0 Å². The Kier molecular flexibility index (Phi) is 7.72. The SMILES string of the molecule is Cc1nc(SCC(=O)N(Cc2ccc(N(C)C)cc2)C[C@H]2CCCO2)nc(C)c1C. The van der Waals surface area contributed by atoms with Crippen molar-refractivity contribution in [2.45, 2.75) is 51.4 Å². The van der Waals surface area contributed by atoms with Gasteiger partial charge in [0.1, 0.15) is 0 Å². The molecule has 0 aliphatic carbocycles. The van der Waals surface area contributed by atoms with Gasteiger partial charge in [0.15, 0.2) is 5.16 Å². The summed E-state index contributed by atoms with van der Waals surface area (Å²) < 4.78 is 5.80. The molecular weight excluding hydrogens is 396 g/mol. The van der Waals surface area contributed by atoms with Crippen LogP contribution in [0.15, 0.2) is 29.4 Å². The first kappa shape index (κ1) is 22.6. The Morgan fingerprint density at radius 3 is 2.37 bits per heavy atom. The molecule has 0 N–H and O–H groups in total. The van der Waals surface area contributed by atoms with Crippen LogP contribution in [0.4, 0.5) is 5.69 Å². The number of amides is 1. The largest absolute Gasteiger partial charge is 0.378 e. The summed E-state index contributed by atoms with van der Waals surface area (Å²) in [5.41, 5.74) is 5.31. The molecule has 0 saturated carbocycles. The lowest BCUT2D eigenvalue weighted by molar-refractivity contribution is -0.130. The van der Waals surface area contributed by atoms with Crippen LogP contribution in [0.3, 0.4) is 0 Å². The van der Waals surface area contributed by atoms with Gasteiger partial charge in [0, 0.05) is 50.9 Å². The maximum atomic E-state index is 13.1. The first-order valence-electron chi connectivity index (χ1n) is 10.4. The van der Waals surface area contributed by atoms with E-state index < -0.39 is 0 Å².